The summed E-state index contributed by atoms with van der Waals surface area (Å²) in [7, 11) is -3.87. The molecule has 1 fully saturated rings. The Morgan fingerprint density at radius 3 is 2.56 bits per heavy atom. The Labute approximate surface area is 162 Å². The van der Waals surface area contributed by atoms with E-state index in [1.165, 1.54) is 22.3 Å². The number of hydrogen-bond acceptors (Lipinski definition) is 5. The van der Waals surface area contributed by atoms with Crippen LogP contribution in [0.1, 0.15) is 5.56 Å². The molecular weight excluding hydrogens is 384 g/mol. The molecule has 0 saturated carbocycles. The molecule has 0 radical (unpaired) electrons. The third kappa shape index (κ3) is 3.06. The van der Waals surface area contributed by atoms with E-state index in [4.69, 9.17) is 11.6 Å². The maximum atomic E-state index is 13.2. The maximum Gasteiger partial charge on any atom is 0.268 e. The van der Waals surface area contributed by atoms with Crippen LogP contribution < -0.4 is 10.2 Å². The van der Waals surface area contributed by atoms with Crippen molar-refractivity contribution in [1.29, 1.82) is 5.26 Å². The number of benzene rings is 2. The number of nitriles is 1. The van der Waals surface area contributed by atoms with Crippen LogP contribution >= 0.6 is 11.6 Å². The quantitative estimate of drug-likeness (QED) is 0.731. The van der Waals surface area contributed by atoms with Gasteiger partial charge in [0.15, 0.2) is 0 Å². The number of nitrogens with one attached hydrogen (secondary N) is 1. The van der Waals surface area contributed by atoms with Crippen molar-refractivity contribution >= 4 is 38.2 Å². The molecular formula is C19H17ClN4O2S. The fraction of sp³-hybridized carbons (Fsp3) is 0.211. The van der Waals surface area contributed by atoms with Crippen LogP contribution in [0.3, 0.4) is 0 Å². The molecule has 8 heteroatoms. The number of piperazine rings is 1. The standard InChI is InChI=1S/C19H17ClN4O2S/c20-15-3-1-4-16(11-15)27(25,26)24-13-14(12-21)19-17(5-2-6-18(19)24)23-9-7-22-8-10-23/h1-6,11,13,22H,7-10H2. The first kappa shape index (κ1) is 17.9. The minimum atomic E-state index is -3.87. The molecule has 0 bridgehead atoms. The van der Waals surface area contributed by atoms with Crippen LogP contribution in [0.4, 0.5) is 5.69 Å². The van der Waals surface area contributed by atoms with Crippen molar-refractivity contribution in [2.75, 3.05) is 31.1 Å². The van der Waals surface area contributed by atoms with Crippen molar-refractivity contribution in [3.8, 4) is 6.07 Å². The first-order valence-corrected chi connectivity index (χ1v) is 10.3. The van der Waals surface area contributed by atoms with Crippen LogP contribution in [-0.2, 0) is 10.0 Å². The van der Waals surface area contributed by atoms with Gasteiger partial charge in [0.2, 0.25) is 0 Å². The third-order valence-electron chi connectivity index (χ3n) is 4.70. The molecule has 0 aliphatic carbocycles. The lowest BCUT2D eigenvalue weighted by atomic mass is 10.1. The zero-order valence-electron chi connectivity index (χ0n) is 14.4. The normalized spacial score (nSPS) is 15.0. The molecule has 27 heavy (non-hydrogen) atoms. The highest BCUT2D eigenvalue weighted by Crippen LogP contribution is 2.33. The van der Waals surface area contributed by atoms with Gasteiger partial charge in [-0.05, 0) is 30.3 Å². The van der Waals surface area contributed by atoms with Crippen LogP contribution in [0, 0.1) is 11.3 Å². The highest BCUT2D eigenvalue weighted by atomic mass is 35.5. The van der Waals surface area contributed by atoms with Gasteiger partial charge in [-0.25, -0.2) is 12.4 Å². The molecule has 0 unspecified atom stereocenters. The predicted molar refractivity (Wildman–Crippen MR) is 106 cm³/mol. The van der Waals surface area contributed by atoms with Gasteiger partial charge in [0.05, 0.1) is 16.0 Å². The lowest BCUT2D eigenvalue weighted by Gasteiger charge is -2.30. The zero-order valence-corrected chi connectivity index (χ0v) is 16.0. The first-order valence-electron chi connectivity index (χ1n) is 8.53. The SMILES string of the molecule is N#Cc1cn(S(=O)(=O)c2cccc(Cl)c2)c2cccc(N3CCNCC3)c12. The molecule has 2 aromatic carbocycles. The number of rotatable bonds is 3. The summed E-state index contributed by atoms with van der Waals surface area (Å²) in [5.41, 5.74) is 1.71. The monoisotopic (exact) mass is 400 g/mol. The molecule has 1 N–H and O–H groups in total. The van der Waals surface area contributed by atoms with E-state index in [2.05, 4.69) is 16.3 Å². The summed E-state index contributed by atoms with van der Waals surface area (Å²) in [5, 5.41) is 13.9. The van der Waals surface area contributed by atoms with Gasteiger partial charge < -0.3 is 10.2 Å². The first-order chi connectivity index (χ1) is 13.0. The van der Waals surface area contributed by atoms with Crippen molar-refractivity contribution < 1.29 is 8.42 Å². The summed E-state index contributed by atoms with van der Waals surface area (Å²) in [6, 6.07) is 13.8. The van der Waals surface area contributed by atoms with E-state index < -0.39 is 10.0 Å². The summed E-state index contributed by atoms with van der Waals surface area (Å²) < 4.78 is 27.6. The molecule has 1 aromatic heterocycles. The number of anilines is 1. The highest BCUT2D eigenvalue weighted by Gasteiger charge is 2.24. The Morgan fingerprint density at radius 1 is 1.11 bits per heavy atom. The second kappa shape index (κ2) is 6.89. The molecule has 4 rings (SSSR count). The Kier molecular flexibility index (Phi) is 4.56. The van der Waals surface area contributed by atoms with Crippen LogP contribution in [0.15, 0.2) is 53.6 Å². The van der Waals surface area contributed by atoms with E-state index in [0.717, 1.165) is 31.9 Å². The fourth-order valence-electron chi connectivity index (χ4n) is 3.43. The van der Waals surface area contributed by atoms with E-state index in [1.54, 1.807) is 18.2 Å². The lowest BCUT2D eigenvalue weighted by Crippen LogP contribution is -2.43. The molecule has 0 spiro atoms. The number of nitrogens with zero attached hydrogens (tertiary/aromatic N) is 3. The Morgan fingerprint density at radius 2 is 1.85 bits per heavy atom. The van der Waals surface area contributed by atoms with Crippen LogP contribution in [0.5, 0.6) is 0 Å². The summed E-state index contributed by atoms with van der Waals surface area (Å²) in [6.07, 6.45) is 1.40. The molecule has 138 valence electrons. The van der Waals surface area contributed by atoms with Crippen molar-refractivity contribution in [3.63, 3.8) is 0 Å². The smallest absolute Gasteiger partial charge is 0.268 e. The molecule has 2 heterocycles. The van der Waals surface area contributed by atoms with E-state index >= 15 is 0 Å². The van der Waals surface area contributed by atoms with Crippen LogP contribution in [0.2, 0.25) is 5.02 Å². The molecule has 1 aliphatic rings. The summed E-state index contributed by atoms with van der Waals surface area (Å²) >= 11 is 5.98. The summed E-state index contributed by atoms with van der Waals surface area (Å²) in [6.45, 7) is 3.30. The van der Waals surface area contributed by atoms with Crippen molar-refractivity contribution in [3.05, 3.63) is 59.2 Å². The Hall–Kier alpha value is -2.53. The van der Waals surface area contributed by atoms with Gasteiger partial charge in [-0.1, -0.05) is 23.7 Å². The second-order valence-corrected chi connectivity index (χ2v) is 8.57. The molecule has 0 atom stereocenters. The predicted octanol–water partition coefficient (Wildman–Crippen LogP) is 2.81. The Balaban J connectivity index is 1.94. The lowest BCUT2D eigenvalue weighted by molar-refractivity contribution is 0.588. The van der Waals surface area contributed by atoms with Gasteiger partial charge in [-0.3, -0.25) is 0 Å². The molecule has 6 nitrogen and oxygen atoms in total. The van der Waals surface area contributed by atoms with Gasteiger partial charge >= 0.3 is 0 Å². The number of aromatic nitrogens is 1. The van der Waals surface area contributed by atoms with E-state index in [-0.39, 0.29) is 4.90 Å². The fourth-order valence-corrected chi connectivity index (χ4v) is 5.10. The minimum Gasteiger partial charge on any atom is -0.368 e. The molecule has 0 amide bonds. The molecule has 1 saturated heterocycles. The molecule has 3 aromatic rings. The number of halogens is 1. The average Bonchev–Trinajstić information content (AvgIpc) is 3.08. The largest absolute Gasteiger partial charge is 0.368 e. The number of hydrogen-bond donors (Lipinski definition) is 1. The second-order valence-electron chi connectivity index (χ2n) is 6.32. The average molecular weight is 401 g/mol. The zero-order chi connectivity index (χ0) is 19.0. The van der Waals surface area contributed by atoms with E-state index in [9.17, 15) is 13.7 Å². The van der Waals surface area contributed by atoms with E-state index in [0.29, 0.717) is 21.5 Å². The summed E-state index contributed by atoms with van der Waals surface area (Å²) in [5.74, 6) is 0. The third-order valence-corrected chi connectivity index (χ3v) is 6.61. The van der Waals surface area contributed by atoms with Crippen molar-refractivity contribution in [2.24, 2.45) is 0 Å². The van der Waals surface area contributed by atoms with Gasteiger partial charge in [0, 0.05) is 48.5 Å². The van der Waals surface area contributed by atoms with Crippen LogP contribution in [0.25, 0.3) is 10.9 Å². The maximum absolute atomic E-state index is 13.2. The minimum absolute atomic E-state index is 0.0870. The van der Waals surface area contributed by atoms with Crippen molar-refractivity contribution in [1.82, 2.24) is 9.29 Å². The van der Waals surface area contributed by atoms with Gasteiger partial charge in [0.1, 0.15) is 6.07 Å². The van der Waals surface area contributed by atoms with E-state index in [1.807, 2.05) is 12.1 Å². The Bertz CT molecular complexity index is 1160. The topological polar surface area (TPSA) is 78.1 Å². The van der Waals surface area contributed by atoms with Gasteiger partial charge in [-0.15, -0.1) is 0 Å². The van der Waals surface area contributed by atoms with Gasteiger partial charge in [0.25, 0.3) is 10.0 Å². The van der Waals surface area contributed by atoms with Gasteiger partial charge in [-0.2, -0.15) is 5.26 Å². The number of fused-ring (bicyclic) bond motifs is 1. The highest BCUT2D eigenvalue weighted by molar-refractivity contribution is 7.90. The van der Waals surface area contributed by atoms with Crippen molar-refractivity contribution in [2.45, 2.75) is 4.90 Å². The summed E-state index contributed by atoms with van der Waals surface area (Å²) in [4.78, 5) is 2.26. The van der Waals surface area contributed by atoms with Crippen LogP contribution in [-0.4, -0.2) is 38.6 Å². The molecule has 1 aliphatic heterocycles.